The maximum atomic E-state index is 14.6. The molecular formula is C17H16F2N4O4. The van der Waals surface area contributed by atoms with Crippen LogP contribution in [-0.4, -0.2) is 60.7 Å². The third kappa shape index (κ3) is 2.67. The molecule has 10 heteroatoms. The fourth-order valence-electron chi connectivity index (χ4n) is 3.77. The van der Waals surface area contributed by atoms with Crippen molar-refractivity contribution in [2.75, 3.05) is 31.1 Å². The van der Waals surface area contributed by atoms with Crippen LogP contribution < -0.4 is 15.5 Å². The standard InChI is InChI=1S/C17H16F2N4O4/c18-8-7-9(19)14(22-5-3-20-4-6-22)13-12(8)16(26)23(17(13)27)10-1-2-11(24)21-15(10)25/h7,10,20H,1-6H2,(H,21,24,25). The Bertz CT molecular complexity index is 882. The molecule has 142 valence electrons. The Balaban J connectivity index is 1.79. The van der Waals surface area contributed by atoms with E-state index in [0.29, 0.717) is 37.1 Å². The molecule has 0 radical (unpaired) electrons. The molecule has 2 N–H and O–H groups in total. The van der Waals surface area contributed by atoms with Gasteiger partial charge in [-0.25, -0.2) is 8.78 Å². The summed E-state index contributed by atoms with van der Waals surface area (Å²) in [6.45, 7) is 1.86. The van der Waals surface area contributed by atoms with Gasteiger partial charge in [0.2, 0.25) is 11.8 Å². The molecule has 4 amide bonds. The van der Waals surface area contributed by atoms with Gasteiger partial charge in [0.15, 0.2) is 0 Å². The summed E-state index contributed by atoms with van der Waals surface area (Å²) in [6.07, 6.45) is -0.103. The third-order valence-electron chi connectivity index (χ3n) is 5.03. The predicted molar refractivity (Wildman–Crippen MR) is 88.1 cm³/mol. The first-order chi connectivity index (χ1) is 12.9. The van der Waals surface area contributed by atoms with Gasteiger partial charge >= 0.3 is 0 Å². The summed E-state index contributed by atoms with van der Waals surface area (Å²) in [5.74, 6) is -5.29. The van der Waals surface area contributed by atoms with Crippen LogP contribution >= 0.6 is 0 Å². The van der Waals surface area contributed by atoms with Gasteiger partial charge in [-0.05, 0) is 6.42 Å². The van der Waals surface area contributed by atoms with Crippen LogP contribution in [0.1, 0.15) is 33.6 Å². The topological polar surface area (TPSA) is 98.8 Å². The number of benzene rings is 1. The molecule has 0 aromatic heterocycles. The minimum absolute atomic E-state index is 0.0503. The summed E-state index contributed by atoms with van der Waals surface area (Å²) in [5, 5.41) is 5.16. The van der Waals surface area contributed by atoms with Crippen molar-refractivity contribution >= 4 is 29.3 Å². The molecule has 3 aliphatic heterocycles. The highest BCUT2D eigenvalue weighted by atomic mass is 19.1. The van der Waals surface area contributed by atoms with Crippen molar-refractivity contribution in [3.8, 4) is 0 Å². The maximum Gasteiger partial charge on any atom is 0.265 e. The Hall–Kier alpha value is -2.88. The lowest BCUT2D eigenvalue weighted by atomic mass is 10.0. The fourth-order valence-corrected chi connectivity index (χ4v) is 3.77. The zero-order valence-corrected chi connectivity index (χ0v) is 14.2. The number of rotatable bonds is 2. The van der Waals surface area contributed by atoms with E-state index in [-0.39, 0.29) is 24.1 Å². The molecule has 1 atom stereocenters. The van der Waals surface area contributed by atoms with E-state index in [1.54, 1.807) is 4.90 Å². The second kappa shape index (κ2) is 6.38. The second-order valence-electron chi connectivity index (χ2n) is 6.62. The van der Waals surface area contributed by atoms with E-state index < -0.39 is 46.9 Å². The van der Waals surface area contributed by atoms with E-state index in [0.717, 1.165) is 0 Å². The number of amides is 4. The monoisotopic (exact) mass is 378 g/mol. The molecule has 0 saturated carbocycles. The van der Waals surface area contributed by atoms with E-state index in [9.17, 15) is 28.0 Å². The van der Waals surface area contributed by atoms with Gasteiger partial charge in [0, 0.05) is 38.7 Å². The van der Waals surface area contributed by atoms with Crippen molar-refractivity contribution in [3.05, 3.63) is 28.8 Å². The van der Waals surface area contributed by atoms with Crippen LogP contribution in [0.5, 0.6) is 0 Å². The van der Waals surface area contributed by atoms with Crippen LogP contribution in [0.3, 0.4) is 0 Å². The largest absolute Gasteiger partial charge is 0.366 e. The van der Waals surface area contributed by atoms with Crippen molar-refractivity contribution in [3.63, 3.8) is 0 Å². The number of halogens is 2. The van der Waals surface area contributed by atoms with Crippen LogP contribution in [0.2, 0.25) is 0 Å². The molecule has 4 rings (SSSR count). The van der Waals surface area contributed by atoms with Crippen molar-refractivity contribution in [1.82, 2.24) is 15.5 Å². The molecular weight excluding hydrogens is 362 g/mol. The number of piperidine rings is 1. The summed E-state index contributed by atoms with van der Waals surface area (Å²) >= 11 is 0. The van der Waals surface area contributed by atoms with Gasteiger partial charge < -0.3 is 10.2 Å². The third-order valence-corrected chi connectivity index (χ3v) is 5.03. The van der Waals surface area contributed by atoms with Gasteiger partial charge in [-0.3, -0.25) is 29.4 Å². The van der Waals surface area contributed by atoms with E-state index in [1.165, 1.54) is 0 Å². The van der Waals surface area contributed by atoms with E-state index in [4.69, 9.17) is 0 Å². The number of nitrogens with zero attached hydrogens (tertiary/aromatic N) is 2. The average Bonchev–Trinajstić information content (AvgIpc) is 2.88. The molecule has 0 aliphatic carbocycles. The number of carbonyl (C=O) groups excluding carboxylic acids is 4. The lowest BCUT2D eigenvalue weighted by molar-refractivity contribution is -0.136. The van der Waals surface area contributed by atoms with Crippen LogP contribution in [-0.2, 0) is 9.59 Å². The van der Waals surface area contributed by atoms with Gasteiger partial charge in [0.05, 0.1) is 16.8 Å². The first kappa shape index (κ1) is 17.5. The molecule has 2 saturated heterocycles. The number of imide groups is 2. The Kier molecular flexibility index (Phi) is 4.14. The molecule has 8 nitrogen and oxygen atoms in total. The van der Waals surface area contributed by atoms with Crippen LogP contribution in [0.25, 0.3) is 0 Å². The van der Waals surface area contributed by atoms with Gasteiger partial charge in [-0.1, -0.05) is 0 Å². The Morgan fingerprint density at radius 3 is 2.30 bits per heavy atom. The fraction of sp³-hybridized carbons (Fsp3) is 0.412. The molecule has 1 aromatic carbocycles. The summed E-state index contributed by atoms with van der Waals surface area (Å²) in [4.78, 5) is 51.4. The predicted octanol–water partition coefficient (Wildman–Crippen LogP) is -0.224. The minimum atomic E-state index is -1.23. The molecule has 1 unspecified atom stereocenters. The second-order valence-corrected chi connectivity index (χ2v) is 6.62. The Labute approximate surface area is 152 Å². The first-order valence-electron chi connectivity index (χ1n) is 8.59. The number of hydrogen-bond acceptors (Lipinski definition) is 6. The summed E-state index contributed by atoms with van der Waals surface area (Å²) in [5.41, 5.74) is -1.01. The van der Waals surface area contributed by atoms with Crippen molar-refractivity contribution in [1.29, 1.82) is 0 Å². The van der Waals surface area contributed by atoms with E-state index in [2.05, 4.69) is 10.6 Å². The summed E-state index contributed by atoms with van der Waals surface area (Å²) < 4.78 is 29.0. The van der Waals surface area contributed by atoms with Crippen molar-refractivity contribution < 1.29 is 28.0 Å². The van der Waals surface area contributed by atoms with Gasteiger partial charge in [-0.2, -0.15) is 0 Å². The summed E-state index contributed by atoms with van der Waals surface area (Å²) in [7, 11) is 0. The number of fused-ring (bicyclic) bond motifs is 1. The molecule has 3 aliphatic rings. The molecule has 2 fully saturated rings. The SMILES string of the molecule is O=C1CCC(N2C(=O)c3c(F)cc(F)c(N4CCNCC4)c3C2=O)C(=O)N1. The molecule has 3 heterocycles. The van der Waals surface area contributed by atoms with Gasteiger partial charge in [0.1, 0.15) is 17.7 Å². The highest BCUT2D eigenvalue weighted by molar-refractivity contribution is 6.25. The number of carbonyl (C=O) groups is 4. The zero-order chi connectivity index (χ0) is 19.3. The Morgan fingerprint density at radius 1 is 0.963 bits per heavy atom. The van der Waals surface area contributed by atoms with Crippen LogP contribution in [0.15, 0.2) is 6.07 Å². The number of hydrogen-bond donors (Lipinski definition) is 2. The number of nitrogens with one attached hydrogen (secondary N) is 2. The molecule has 27 heavy (non-hydrogen) atoms. The van der Waals surface area contributed by atoms with Gasteiger partial charge in [-0.15, -0.1) is 0 Å². The lowest BCUT2D eigenvalue weighted by Gasteiger charge is -2.31. The number of piperazine rings is 1. The van der Waals surface area contributed by atoms with Crippen LogP contribution in [0, 0.1) is 11.6 Å². The highest BCUT2D eigenvalue weighted by Gasteiger charge is 2.48. The normalized spacial score (nSPS) is 23.0. The highest BCUT2D eigenvalue weighted by Crippen LogP contribution is 2.37. The maximum absolute atomic E-state index is 14.6. The van der Waals surface area contributed by atoms with Crippen molar-refractivity contribution in [2.45, 2.75) is 18.9 Å². The molecule has 1 aromatic rings. The van der Waals surface area contributed by atoms with E-state index >= 15 is 0 Å². The van der Waals surface area contributed by atoms with Crippen molar-refractivity contribution in [2.24, 2.45) is 0 Å². The zero-order valence-electron chi connectivity index (χ0n) is 14.2. The average molecular weight is 378 g/mol. The van der Waals surface area contributed by atoms with Gasteiger partial charge in [0.25, 0.3) is 11.8 Å². The van der Waals surface area contributed by atoms with E-state index in [1.807, 2.05) is 0 Å². The quantitative estimate of drug-likeness (QED) is 0.691. The molecule has 0 spiro atoms. The smallest absolute Gasteiger partial charge is 0.265 e. The molecule has 0 bridgehead atoms. The number of anilines is 1. The first-order valence-corrected chi connectivity index (χ1v) is 8.59. The Morgan fingerprint density at radius 2 is 1.63 bits per heavy atom. The minimum Gasteiger partial charge on any atom is -0.366 e. The summed E-state index contributed by atoms with van der Waals surface area (Å²) in [6, 6.07) is -0.636. The lowest BCUT2D eigenvalue weighted by Crippen LogP contribution is -2.54. The van der Waals surface area contributed by atoms with Crippen LogP contribution in [0.4, 0.5) is 14.5 Å².